The minimum absolute atomic E-state index is 0.0220. The van der Waals surface area contributed by atoms with Gasteiger partial charge in [-0.15, -0.1) is 11.3 Å². The lowest BCUT2D eigenvalue weighted by atomic mass is 10.0. The van der Waals surface area contributed by atoms with Crippen molar-refractivity contribution in [2.75, 3.05) is 56.7 Å². The van der Waals surface area contributed by atoms with Crippen LogP contribution < -0.4 is 35.9 Å². The van der Waals surface area contributed by atoms with Gasteiger partial charge in [0.1, 0.15) is 29.2 Å². The molecule has 2 aliphatic heterocycles. The Hall–Kier alpha value is -6.61. The summed E-state index contributed by atoms with van der Waals surface area (Å²) in [6, 6.07) is 13.8. The maximum atomic E-state index is 13.7. The number of likely N-dealkylation sites (tertiary alicyclic amines) is 1. The Morgan fingerprint density at radius 3 is 2.57 bits per heavy atom. The van der Waals surface area contributed by atoms with Gasteiger partial charge >= 0.3 is 0 Å². The quantitative estimate of drug-likeness (QED) is 0.0789. The van der Waals surface area contributed by atoms with Crippen LogP contribution in [0.5, 0.6) is 11.5 Å². The lowest BCUT2D eigenvalue weighted by molar-refractivity contribution is -0.140. The molecule has 2 saturated heterocycles. The first-order valence-electron chi connectivity index (χ1n) is 22.8. The van der Waals surface area contributed by atoms with Gasteiger partial charge in [0.25, 0.3) is 11.5 Å². The van der Waals surface area contributed by atoms with E-state index in [1.165, 1.54) is 27.9 Å². The van der Waals surface area contributed by atoms with Gasteiger partial charge in [0.2, 0.25) is 17.8 Å². The molecule has 4 N–H and O–H groups in total. The Balaban J connectivity index is 0.861. The van der Waals surface area contributed by atoms with Gasteiger partial charge in [-0.25, -0.2) is 9.97 Å². The van der Waals surface area contributed by atoms with E-state index in [0.29, 0.717) is 76.7 Å². The fourth-order valence-corrected chi connectivity index (χ4v) is 9.52. The summed E-state index contributed by atoms with van der Waals surface area (Å²) in [4.78, 5) is 70.3. The third kappa shape index (κ3) is 11.3. The number of ether oxygens (including phenoxy) is 3. The largest absolute Gasteiger partial charge is 0.491 e. The summed E-state index contributed by atoms with van der Waals surface area (Å²) in [6.07, 6.45) is 2.73. The number of amides is 3. The molecule has 6 heterocycles. The molecule has 3 atom stereocenters. The van der Waals surface area contributed by atoms with Gasteiger partial charge in [0.15, 0.2) is 18.2 Å². The second kappa shape index (κ2) is 21.8. The molecule has 1 unspecified atom stereocenters. The number of likely N-dealkylation sites (N-methyl/N-ethyl adjacent to an activating group) is 1. The number of carbonyl (C=O) groups excluding carboxylic acids is 3. The van der Waals surface area contributed by atoms with Crippen molar-refractivity contribution in [1.29, 1.82) is 0 Å². The van der Waals surface area contributed by atoms with Crippen LogP contribution in [-0.4, -0.2) is 117 Å². The molecule has 0 spiro atoms. The summed E-state index contributed by atoms with van der Waals surface area (Å²) in [5.41, 5.74) is 6.03. The first kappa shape index (κ1) is 48.8. The maximum Gasteiger partial charge on any atom is 0.293 e. The molecule has 2 fully saturated rings. The lowest BCUT2D eigenvalue weighted by Crippen LogP contribution is -2.47. The van der Waals surface area contributed by atoms with Gasteiger partial charge < -0.3 is 54.2 Å². The molecule has 0 bridgehead atoms. The zero-order chi connectivity index (χ0) is 48.8. The van der Waals surface area contributed by atoms with Crippen LogP contribution in [0.25, 0.3) is 21.3 Å². The van der Waals surface area contributed by atoms with Crippen LogP contribution in [0.3, 0.4) is 0 Å². The number of piperidine rings is 1. The number of pyridine rings is 1. The lowest BCUT2D eigenvalue weighted by Gasteiger charge is -2.32. The number of hydrogen-bond acceptors (Lipinski definition) is 16. The van der Waals surface area contributed by atoms with E-state index in [2.05, 4.69) is 36.0 Å². The van der Waals surface area contributed by atoms with Gasteiger partial charge in [0, 0.05) is 69.4 Å². The van der Waals surface area contributed by atoms with E-state index in [0.717, 1.165) is 34.5 Å². The number of aryl methyl sites for hydroxylation is 3. The molecule has 364 valence electrons. The number of aliphatic hydroxyl groups is 1. The van der Waals surface area contributed by atoms with E-state index in [1.54, 1.807) is 37.8 Å². The highest BCUT2D eigenvalue weighted by Gasteiger charge is 2.42. The third-order valence-electron chi connectivity index (χ3n) is 12.3. The number of β-amino-alcohol motifs (C(OH)–C–C–N with tert-alkyl or cyclic N) is 1. The van der Waals surface area contributed by atoms with E-state index in [9.17, 15) is 24.3 Å². The monoisotopic (exact) mass is 982 g/mol. The summed E-state index contributed by atoms with van der Waals surface area (Å²) in [7, 11) is 3.14. The van der Waals surface area contributed by atoms with Gasteiger partial charge in [-0.2, -0.15) is 4.98 Å². The molecule has 2 aliphatic rings. The fraction of sp³-hybridized carbons (Fsp3) is 0.417. The number of thiazole rings is 1. The molecule has 6 aromatic rings. The molecular formula is C48H55ClN10O9S. The van der Waals surface area contributed by atoms with Crippen molar-refractivity contribution in [3.05, 3.63) is 98.3 Å². The van der Waals surface area contributed by atoms with Gasteiger partial charge in [-0.1, -0.05) is 35.8 Å². The Kier molecular flexibility index (Phi) is 15.4. The average Bonchev–Trinajstić information content (AvgIpc) is 4.10. The van der Waals surface area contributed by atoms with Crippen LogP contribution >= 0.6 is 22.9 Å². The van der Waals surface area contributed by atoms with Gasteiger partial charge in [-0.05, 0) is 69.0 Å². The summed E-state index contributed by atoms with van der Waals surface area (Å²) in [5, 5.41) is 24.3. The van der Waals surface area contributed by atoms with E-state index < -0.39 is 18.1 Å². The standard InChI is InChI=1S/C48H55ClN10O9S/c1-6-35(40-17-27(2)56-68-40)46(63)59-24-33(60)21-38(59)45(62)51-22-30-8-7-29(43-28(3)53-26-69-43)19-39(30)66-16-15-65-34-11-13-58(14-12-34)48-52-23-36(49)44(55-48)54-32-9-10-37-31(18-32)20-41(47(64)57(37)5)67-25-42(61)50-4/h7-10,17-20,23,26,33-35,38,60H,6,11-16,21-22,24-25H2,1-5H3,(H,50,61)(H,51,62)(H,52,54,55)/t33-,35?,38+/m1/s1. The van der Waals surface area contributed by atoms with Crippen molar-refractivity contribution < 1.29 is 38.2 Å². The predicted molar refractivity (Wildman–Crippen MR) is 260 cm³/mol. The zero-order valence-corrected chi connectivity index (χ0v) is 40.6. The van der Waals surface area contributed by atoms with Crippen molar-refractivity contribution in [3.63, 3.8) is 0 Å². The van der Waals surface area contributed by atoms with Gasteiger partial charge in [-0.3, -0.25) is 19.2 Å². The van der Waals surface area contributed by atoms with Crippen LogP contribution in [0.4, 0.5) is 17.5 Å². The van der Waals surface area contributed by atoms with Crippen LogP contribution in [-0.2, 0) is 32.7 Å². The number of fused-ring (bicyclic) bond motifs is 1. The highest BCUT2D eigenvalue weighted by atomic mass is 35.5. The van der Waals surface area contributed by atoms with Crippen molar-refractivity contribution in [1.82, 2.24) is 40.2 Å². The Morgan fingerprint density at radius 1 is 1.03 bits per heavy atom. The number of hydrogen-bond donors (Lipinski definition) is 4. The first-order valence-corrected chi connectivity index (χ1v) is 24.0. The van der Waals surface area contributed by atoms with Crippen molar-refractivity contribution in [3.8, 4) is 21.9 Å². The molecule has 69 heavy (non-hydrogen) atoms. The molecule has 0 saturated carbocycles. The van der Waals surface area contributed by atoms with Crippen molar-refractivity contribution in [2.24, 2.45) is 7.05 Å². The number of aromatic nitrogens is 5. The number of rotatable bonds is 18. The molecule has 0 radical (unpaired) electrons. The van der Waals surface area contributed by atoms with Gasteiger partial charge in [0.05, 0.1) is 58.2 Å². The Bertz CT molecular complexity index is 2880. The summed E-state index contributed by atoms with van der Waals surface area (Å²) >= 11 is 8.10. The van der Waals surface area contributed by atoms with E-state index in [1.807, 2.05) is 50.2 Å². The summed E-state index contributed by atoms with van der Waals surface area (Å²) in [6.45, 7) is 7.39. The normalized spacial score (nSPS) is 16.7. The number of nitrogens with zero attached hydrogens (tertiary/aromatic N) is 7. The molecule has 2 aromatic carbocycles. The number of halogens is 1. The smallest absolute Gasteiger partial charge is 0.293 e. The number of carbonyl (C=O) groups is 3. The minimum Gasteiger partial charge on any atom is -0.491 e. The maximum absolute atomic E-state index is 13.7. The number of benzene rings is 2. The van der Waals surface area contributed by atoms with Crippen LogP contribution in [0.2, 0.25) is 5.02 Å². The third-order valence-corrected chi connectivity index (χ3v) is 13.6. The SMILES string of the molecule is CCC(C(=O)N1C[C@H](O)C[C@H]1C(=O)NCc1ccc(-c2scnc2C)cc1OCCOC1CCN(c2ncc(Cl)c(Nc3ccc4c(c3)cc(OCC(=O)NC)c(=O)n4C)n2)CC1)c1cc(C)no1. The fourth-order valence-electron chi connectivity index (χ4n) is 8.58. The van der Waals surface area contributed by atoms with E-state index >= 15 is 0 Å². The van der Waals surface area contributed by atoms with Crippen molar-refractivity contribution in [2.45, 2.75) is 77.2 Å². The summed E-state index contributed by atoms with van der Waals surface area (Å²) in [5.74, 6) is 0.375. The molecule has 3 amide bonds. The molecule has 4 aromatic heterocycles. The average molecular weight is 984 g/mol. The first-order chi connectivity index (χ1) is 33.3. The van der Waals surface area contributed by atoms with E-state index in [-0.39, 0.29) is 67.9 Å². The zero-order valence-electron chi connectivity index (χ0n) is 39.0. The number of nitrogens with one attached hydrogen (secondary N) is 3. The molecule has 0 aliphatic carbocycles. The van der Waals surface area contributed by atoms with Crippen LogP contribution in [0, 0.1) is 13.8 Å². The van der Waals surface area contributed by atoms with Crippen LogP contribution in [0.1, 0.15) is 61.2 Å². The highest BCUT2D eigenvalue weighted by Crippen LogP contribution is 2.34. The Morgan fingerprint density at radius 2 is 1.84 bits per heavy atom. The predicted octanol–water partition coefficient (Wildman–Crippen LogP) is 5.41. The van der Waals surface area contributed by atoms with Crippen LogP contribution in [0.15, 0.2) is 69.6 Å². The van der Waals surface area contributed by atoms with Crippen molar-refractivity contribution >= 4 is 69.0 Å². The van der Waals surface area contributed by atoms with E-state index in [4.69, 9.17) is 35.3 Å². The molecular weight excluding hydrogens is 928 g/mol. The number of anilines is 3. The number of aliphatic hydroxyl groups excluding tert-OH is 1. The Labute approximate surface area is 407 Å². The summed E-state index contributed by atoms with van der Waals surface area (Å²) < 4.78 is 25.1. The highest BCUT2D eigenvalue weighted by molar-refractivity contribution is 7.13. The minimum atomic E-state index is -0.853. The molecule has 8 rings (SSSR count). The molecule has 19 nitrogen and oxygen atoms in total. The second-order valence-corrected chi connectivity index (χ2v) is 18.3. The second-order valence-electron chi connectivity index (χ2n) is 17.0. The molecule has 21 heteroatoms. The topological polar surface area (TPSA) is 228 Å².